The molecule has 0 radical (unpaired) electrons. The van der Waals surface area contributed by atoms with Crippen LogP contribution in [0.15, 0.2) is 146 Å². The SMILES string of the molecule is Clc1nc(-c2cccc(-c3ccccc3)c2)nc(-c2ccc3cc(-c4ccccc4-c4ccccc4)ccc3c2)n1. The zero-order valence-corrected chi connectivity index (χ0v) is 22.8. The lowest BCUT2D eigenvalue weighted by Crippen LogP contribution is -1.97. The van der Waals surface area contributed by atoms with Crippen molar-refractivity contribution in [2.45, 2.75) is 0 Å². The van der Waals surface area contributed by atoms with E-state index < -0.39 is 0 Å². The number of fused-ring (bicyclic) bond motifs is 1. The summed E-state index contributed by atoms with van der Waals surface area (Å²) >= 11 is 6.42. The molecule has 194 valence electrons. The van der Waals surface area contributed by atoms with Crippen molar-refractivity contribution in [2.75, 3.05) is 0 Å². The molecule has 0 aliphatic carbocycles. The van der Waals surface area contributed by atoms with Gasteiger partial charge in [0, 0.05) is 11.1 Å². The minimum atomic E-state index is 0.170. The van der Waals surface area contributed by atoms with Crippen molar-refractivity contribution in [2.24, 2.45) is 0 Å². The van der Waals surface area contributed by atoms with Crippen molar-refractivity contribution in [3.63, 3.8) is 0 Å². The Morgan fingerprint density at radius 3 is 1.51 bits per heavy atom. The van der Waals surface area contributed by atoms with Crippen molar-refractivity contribution in [3.05, 3.63) is 151 Å². The average Bonchev–Trinajstić information content (AvgIpc) is 3.05. The summed E-state index contributed by atoms with van der Waals surface area (Å²) in [4.78, 5) is 13.7. The fraction of sp³-hybridized carbons (Fsp3) is 0. The van der Waals surface area contributed by atoms with Gasteiger partial charge in [-0.3, -0.25) is 0 Å². The molecule has 0 unspecified atom stereocenters. The molecule has 0 saturated carbocycles. The predicted octanol–water partition coefficient (Wildman–Crippen LogP) is 10.0. The summed E-state index contributed by atoms with van der Waals surface area (Å²) in [6.07, 6.45) is 0. The molecule has 6 aromatic carbocycles. The second-order valence-electron chi connectivity index (χ2n) is 9.89. The van der Waals surface area contributed by atoms with Crippen molar-refractivity contribution < 1.29 is 0 Å². The first-order valence-electron chi connectivity index (χ1n) is 13.5. The highest BCUT2D eigenvalue weighted by Crippen LogP contribution is 2.34. The second-order valence-corrected chi connectivity index (χ2v) is 10.2. The molecule has 4 heteroatoms. The van der Waals surface area contributed by atoms with E-state index in [0.717, 1.165) is 33.0 Å². The Hall–Kier alpha value is -5.12. The molecule has 1 aromatic heterocycles. The summed E-state index contributed by atoms with van der Waals surface area (Å²) in [6, 6.07) is 50.3. The molecule has 3 nitrogen and oxygen atoms in total. The second kappa shape index (κ2) is 10.8. The van der Waals surface area contributed by atoms with Crippen molar-refractivity contribution in [1.29, 1.82) is 0 Å². The largest absolute Gasteiger partial charge is 0.226 e. The molecule has 0 bridgehead atoms. The van der Waals surface area contributed by atoms with Gasteiger partial charge < -0.3 is 0 Å². The van der Waals surface area contributed by atoms with Gasteiger partial charge in [0.15, 0.2) is 11.6 Å². The van der Waals surface area contributed by atoms with E-state index >= 15 is 0 Å². The van der Waals surface area contributed by atoms with Crippen LogP contribution in [0.25, 0.3) is 66.9 Å². The Balaban J connectivity index is 1.25. The predicted molar refractivity (Wildman–Crippen MR) is 170 cm³/mol. The van der Waals surface area contributed by atoms with Gasteiger partial charge in [-0.15, -0.1) is 0 Å². The molecule has 7 rings (SSSR count). The molecular weight excluding hydrogens is 522 g/mol. The van der Waals surface area contributed by atoms with Gasteiger partial charge in [-0.2, -0.15) is 9.97 Å². The van der Waals surface area contributed by atoms with Gasteiger partial charge in [-0.05, 0) is 74.0 Å². The van der Waals surface area contributed by atoms with Crippen LogP contribution >= 0.6 is 11.6 Å². The number of rotatable bonds is 5. The number of nitrogens with zero attached hydrogens (tertiary/aromatic N) is 3. The molecule has 0 saturated heterocycles. The lowest BCUT2D eigenvalue weighted by atomic mass is 9.93. The molecule has 0 spiro atoms. The maximum Gasteiger partial charge on any atom is 0.226 e. The molecule has 1 heterocycles. The van der Waals surface area contributed by atoms with Gasteiger partial charge in [-0.1, -0.05) is 127 Å². The zero-order chi connectivity index (χ0) is 27.6. The molecule has 7 aromatic rings. The third-order valence-electron chi connectivity index (χ3n) is 7.26. The molecule has 0 aliphatic heterocycles. The maximum atomic E-state index is 6.42. The smallest absolute Gasteiger partial charge is 0.208 e. The normalized spacial score (nSPS) is 11.0. The van der Waals surface area contributed by atoms with Crippen LogP contribution in [0.1, 0.15) is 0 Å². The van der Waals surface area contributed by atoms with Gasteiger partial charge in [0.05, 0.1) is 0 Å². The Labute approximate surface area is 243 Å². The first kappa shape index (κ1) is 24.9. The topological polar surface area (TPSA) is 38.7 Å². The molecule has 0 atom stereocenters. The number of aromatic nitrogens is 3. The summed E-state index contributed by atoms with van der Waals surface area (Å²) in [5.41, 5.74) is 8.80. The zero-order valence-electron chi connectivity index (χ0n) is 22.1. The Bertz CT molecular complexity index is 2000. The molecule has 0 aliphatic rings. The summed E-state index contributed by atoms with van der Waals surface area (Å²) in [5, 5.41) is 2.42. The minimum absolute atomic E-state index is 0.170. The summed E-state index contributed by atoms with van der Waals surface area (Å²) in [6.45, 7) is 0. The van der Waals surface area contributed by atoms with Gasteiger partial charge in [0.1, 0.15) is 0 Å². The lowest BCUT2D eigenvalue weighted by molar-refractivity contribution is 1.07. The highest BCUT2D eigenvalue weighted by atomic mass is 35.5. The van der Waals surface area contributed by atoms with E-state index in [9.17, 15) is 0 Å². The number of halogens is 1. The first-order valence-corrected chi connectivity index (χ1v) is 13.9. The van der Waals surface area contributed by atoms with E-state index in [4.69, 9.17) is 16.6 Å². The van der Waals surface area contributed by atoms with Crippen molar-refractivity contribution in [1.82, 2.24) is 15.0 Å². The van der Waals surface area contributed by atoms with Crippen LogP contribution in [0, 0.1) is 0 Å². The fourth-order valence-corrected chi connectivity index (χ4v) is 5.39. The molecule has 0 fully saturated rings. The van der Waals surface area contributed by atoms with Crippen molar-refractivity contribution in [3.8, 4) is 56.2 Å². The van der Waals surface area contributed by atoms with Crippen LogP contribution in [0.2, 0.25) is 5.28 Å². The highest BCUT2D eigenvalue weighted by molar-refractivity contribution is 6.28. The molecule has 41 heavy (non-hydrogen) atoms. The quantitative estimate of drug-likeness (QED) is 0.216. The number of benzene rings is 6. The van der Waals surface area contributed by atoms with Crippen LogP contribution < -0.4 is 0 Å². The van der Waals surface area contributed by atoms with E-state index in [1.807, 2.05) is 42.5 Å². The fourth-order valence-electron chi connectivity index (χ4n) is 5.23. The van der Waals surface area contributed by atoms with E-state index in [2.05, 4.69) is 113 Å². The monoisotopic (exact) mass is 545 g/mol. The average molecular weight is 546 g/mol. The van der Waals surface area contributed by atoms with Gasteiger partial charge in [-0.25, -0.2) is 4.98 Å². The van der Waals surface area contributed by atoms with Gasteiger partial charge in [0.2, 0.25) is 5.28 Å². The maximum absolute atomic E-state index is 6.42. The van der Waals surface area contributed by atoms with Crippen LogP contribution in [-0.4, -0.2) is 15.0 Å². The van der Waals surface area contributed by atoms with E-state index in [-0.39, 0.29) is 5.28 Å². The minimum Gasteiger partial charge on any atom is -0.208 e. The van der Waals surface area contributed by atoms with Crippen LogP contribution in [0.4, 0.5) is 0 Å². The standard InChI is InChI=1S/C37H24ClN3/c38-37-40-35(31-15-9-14-27(23-31)25-10-3-1-4-11-25)39-36(41-37)32-21-19-28-22-30(20-18-29(28)24-32)34-17-8-7-16-33(34)26-12-5-2-6-13-26/h1-24H. The Morgan fingerprint density at radius 1 is 0.341 bits per heavy atom. The van der Waals surface area contributed by atoms with E-state index in [0.29, 0.717) is 11.6 Å². The van der Waals surface area contributed by atoms with Crippen LogP contribution in [0.5, 0.6) is 0 Å². The van der Waals surface area contributed by atoms with Crippen LogP contribution in [0.3, 0.4) is 0 Å². The molecular formula is C37H24ClN3. The lowest BCUT2D eigenvalue weighted by Gasteiger charge is -2.12. The summed E-state index contributed by atoms with van der Waals surface area (Å²) in [5.74, 6) is 1.09. The first-order chi connectivity index (χ1) is 20.2. The third-order valence-corrected chi connectivity index (χ3v) is 7.43. The van der Waals surface area contributed by atoms with E-state index in [1.165, 1.54) is 22.3 Å². The highest BCUT2D eigenvalue weighted by Gasteiger charge is 2.12. The Kier molecular flexibility index (Phi) is 6.56. The van der Waals surface area contributed by atoms with Gasteiger partial charge >= 0.3 is 0 Å². The summed E-state index contributed by atoms with van der Waals surface area (Å²) in [7, 11) is 0. The molecule has 0 N–H and O–H groups in total. The summed E-state index contributed by atoms with van der Waals surface area (Å²) < 4.78 is 0. The molecule has 0 amide bonds. The van der Waals surface area contributed by atoms with Crippen molar-refractivity contribution >= 4 is 22.4 Å². The van der Waals surface area contributed by atoms with Gasteiger partial charge in [0.25, 0.3) is 0 Å². The number of hydrogen-bond donors (Lipinski definition) is 0. The third kappa shape index (κ3) is 5.11. The Morgan fingerprint density at radius 2 is 0.829 bits per heavy atom. The number of hydrogen-bond acceptors (Lipinski definition) is 3. The van der Waals surface area contributed by atoms with Crippen LogP contribution in [-0.2, 0) is 0 Å². The van der Waals surface area contributed by atoms with E-state index in [1.54, 1.807) is 0 Å².